The molecule has 0 saturated heterocycles. The summed E-state index contributed by atoms with van der Waals surface area (Å²) in [7, 11) is -3.42. The third-order valence-electron chi connectivity index (χ3n) is 4.13. The van der Waals surface area contributed by atoms with Crippen molar-refractivity contribution in [1.29, 1.82) is 0 Å². The first-order valence-corrected chi connectivity index (χ1v) is 9.93. The number of ether oxygens (including phenoxy) is 1. The Balaban J connectivity index is 1.78. The second-order valence-corrected chi connectivity index (χ2v) is 8.13. The van der Waals surface area contributed by atoms with Crippen molar-refractivity contribution in [2.75, 3.05) is 5.75 Å². The number of amides is 1. The van der Waals surface area contributed by atoms with Crippen LogP contribution in [0.2, 0.25) is 0 Å². The van der Waals surface area contributed by atoms with Gasteiger partial charge in [-0.15, -0.1) is 0 Å². The Bertz CT molecular complexity index is 1040. The van der Waals surface area contributed by atoms with Crippen LogP contribution in [0.3, 0.4) is 0 Å². The summed E-state index contributed by atoms with van der Waals surface area (Å²) in [5.74, 6) is -0.144. The molecule has 0 bridgehead atoms. The van der Waals surface area contributed by atoms with E-state index in [-0.39, 0.29) is 22.8 Å². The zero-order valence-electron chi connectivity index (χ0n) is 14.7. The Morgan fingerprint density at radius 2 is 1.93 bits per heavy atom. The van der Waals surface area contributed by atoms with Gasteiger partial charge in [-0.25, -0.2) is 13.4 Å². The number of rotatable bonds is 7. The van der Waals surface area contributed by atoms with Gasteiger partial charge in [-0.05, 0) is 36.4 Å². The number of H-pyrrole nitrogens is 1. The van der Waals surface area contributed by atoms with Crippen LogP contribution in [0.4, 0.5) is 0 Å². The van der Waals surface area contributed by atoms with E-state index in [4.69, 9.17) is 10.5 Å². The topological polar surface area (TPSA) is 115 Å². The van der Waals surface area contributed by atoms with Gasteiger partial charge in [-0.3, -0.25) is 4.79 Å². The van der Waals surface area contributed by atoms with Gasteiger partial charge >= 0.3 is 0 Å². The molecule has 1 aromatic heterocycles. The van der Waals surface area contributed by atoms with Crippen LogP contribution in [0.1, 0.15) is 22.8 Å². The van der Waals surface area contributed by atoms with Gasteiger partial charge in [0.1, 0.15) is 12.4 Å². The van der Waals surface area contributed by atoms with Crippen LogP contribution in [0, 0.1) is 0 Å². The molecular weight excluding hydrogens is 366 g/mol. The lowest BCUT2D eigenvalue weighted by atomic mass is 10.1. The maximum Gasteiger partial charge on any atom is 0.249 e. The fourth-order valence-corrected chi connectivity index (χ4v) is 3.48. The van der Waals surface area contributed by atoms with E-state index in [2.05, 4.69) is 9.97 Å². The number of aromatic amines is 1. The molecule has 2 aromatic carbocycles. The Labute approximate surface area is 157 Å². The minimum Gasteiger partial charge on any atom is -0.489 e. The Morgan fingerprint density at radius 3 is 2.52 bits per heavy atom. The molecule has 0 aliphatic heterocycles. The fourth-order valence-electron chi connectivity index (χ4n) is 2.57. The number of imidazole rings is 1. The number of hydrogen-bond donors (Lipinski definition) is 2. The Kier molecular flexibility index (Phi) is 5.27. The minimum atomic E-state index is -3.42. The standard InChI is InChI=1S/C19H19N3O4S/c1-2-27(24,25)16-8-5-14(17(9-16)19(20)23)11-26-15-6-3-13(4-7-15)18-10-21-12-22-18/h3-10,12H,2,11H2,1H3,(H2,20,23)(H,21,22). The second-order valence-electron chi connectivity index (χ2n) is 5.85. The smallest absolute Gasteiger partial charge is 0.249 e. The first-order valence-electron chi connectivity index (χ1n) is 8.28. The highest BCUT2D eigenvalue weighted by Crippen LogP contribution is 2.22. The van der Waals surface area contributed by atoms with Gasteiger partial charge in [0.15, 0.2) is 9.84 Å². The van der Waals surface area contributed by atoms with E-state index in [0.717, 1.165) is 11.3 Å². The molecule has 0 saturated carbocycles. The lowest BCUT2D eigenvalue weighted by Crippen LogP contribution is -2.16. The summed E-state index contributed by atoms with van der Waals surface area (Å²) in [5, 5.41) is 0. The molecule has 0 aliphatic carbocycles. The number of nitrogens with two attached hydrogens (primary N) is 1. The predicted molar refractivity (Wildman–Crippen MR) is 101 cm³/mol. The highest BCUT2D eigenvalue weighted by Gasteiger charge is 2.17. The second kappa shape index (κ2) is 7.63. The van der Waals surface area contributed by atoms with E-state index in [1.807, 2.05) is 12.1 Å². The third-order valence-corrected chi connectivity index (χ3v) is 5.86. The summed E-state index contributed by atoms with van der Waals surface area (Å²) in [4.78, 5) is 18.9. The highest BCUT2D eigenvalue weighted by molar-refractivity contribution is 7.91. The van der Waals surface area contributed by atoms with E-state index < -0.39 is 15.7 Å². The Hall–Kier alpha value is -3.13. The predicted octanol–water partition coefficient (Wildman–Crippen LogP) is 2.55. The monoisotopic (exact) mass is 385 g/mol. The molecule has 1 amide bonds. The molecule has 7 nitrogen and oxygen atoms in total. The number of sulfone groups is 1. The molecule has 3 aromatic rings. The molecule has 3 N–H and O–H groups in total. The summed E-state index contributed by atoms with van der Waals surface area (Å²) in [6.45, 7) is 1.63. The zero-order valence-corrected chi connectivity index (χ0v) is 15.5. The van der Waals surface area contributed by atoms with Crippen LogP contribution in [-0.2, 0) is 16.4 Å². The Morgan fingerprint density at radius 1 is 1.19 bits per heavy atom. The molecule has 0 radical (unpaired) electrons. The number of nitrogens with one attached hydrogen (secondary N) is 1. The summed E-state index contributed by atoms with van der Waals surface area (Å²) in [6.07, 6.45) is 3.40. The van der Waals surface area contributed by atoms with Gasteiger partial charge in [0.25, 0.3) is 0 Å². The number of carbonyl (C=O) groups excluding carboxylic acids is 1. The largest absolute Gasteiger partial charge is 0.489 e. The average molecular weight is 385 g/mol. The van der Waals surface area contributed by atoms with Crippen LogP contribution in [0.25, 0.3) is 11.3 Å². The van der Waals surface area contributed by atoms with Crippen molar-refractivity contribution in [3.63, 3.8) is 0 Å². The van der Waals surface area contributed by atoms with Gasteiger partial charge in [0.05, 0.1) is 22.7 Å². The quantitative estimate of drug-likeness (QED) is 0.648. The third kappa shape index (κ3) is 4.17. The normalized spacial score (nSPS) is 11.3. The van der Waals surface area contributed by atoms with Crippen LogP contribution >= 0.6 is 0 Å². The number of nitrogens with zero attached hydrogens (tertiary/aromatic N) is 1. The number of primary amides is 1. The molecule has 27 heavy (non-hydrogen) atoms. The van der Waals surface area contributed by atoms with Crippen molar-refractivity contribution >= 4 is 15.7 Å². The molecule has 0 unspecified atom stereocenters. The molecule has 8 heteroatoms. The number of benzene rings is 2. The fraction of sp³-hybridized carbons (Fsp3) is 0.158. The number of hydrogen-bond acceptors (Lipinski definition) is 5. The lowest BCUT2D eigenvalue weighted by Gasteiger charge is -2.11. The molecule has 1 heterocycles. The SMILES string of the molecule is CCS(=O)(=O)c1ccc(COc2ccc(-c3c[nH]cn3)cc2)c(C(N)=O)c1. The van der Waals surface area contributed by atoms with E-state index in [9.17, 15) is 13.2 Å². The van der Waals surface area contributed by atoms with Crippen molar-refractivity contribution in [3.05, 3.63) is 66.1 Å². The van der Waals surface area contributed by atoms with Crippen molar-refractivity contribution in [1.82, 2.24) is 9.97 Å². The van der Waals surface area contributed by atoms with Gasteiger partial charge in [0.2, 0.25) is 5.91 Å². The summed E-state index contributed by atoms with van der Waals surface area (Å²) in [5.41, 5.74) is 7.84. The summed E-state index contributed by atoms with van der Waals surface area (Å²) in [6, 6.07) is 11.7. The van der Waals surface area contributed by atoms with Crippen LogP contribution in [-0.4, -0.2) is 30.0 Å². The highest BCUT2D eigenvalue weighted by atomic mass is 32.2. The van der Waals surface area contributed by atoms with E-state index in [1.54, 1.807) is 37.6 Å². The van der Waals surface area contributed by atoms with Gasteiger partial charge in [-0.1, -0.05) is 13.0 Å². The van der Waals surface area contributed by atoms with Gasteiger partial charge < -0.3 is 15.5 Å². The zero-order chi connectivity index (χ0) is 19.4. The van der Waals surface area contributed by atoms with Crippen LogP contribution in [0.15, 0.2) is 59.9 Å². The molecule has 140 valence electrons. The van der Waals surface area contributed by atoms with Gasteiger partial charge in [0, 0.05) is 22.9 Å². The van der Waals surface area contributed by atoms with Crippen LogP contribution < -0.4 is 10.5 Å². The maximum atomic E-state index is 12.0. The molecule has 0 fully saturated rings. The molecule has 0 spiro atoms. The number of carbonyl (C=O) groups is 1. The molecule has 0 aliphatic rings. The maximum absolute atomic E-state index is 12.0. The van der Waals surface area contributed by atoms with Gasteiger partial charge in [-0.2, -0.15) is 0 Å². The van der Waals surface area contributed by atoms with E-state index >= 15 is 0 Å². The molecule has 3 rings (SSSR count). The van der Waals surface area contributed by atoms with Crippen LogP contribution in [0.5, 0.6) is 5.75 Å². The van der Waals surface area contributed by atoms with Crippen molar-refractivity contribution in [2.24, 2.45) is 5.73 Å². The molecule has 0 atom stereocenters. The summed E-state index contributed by atoms with van der Waals surface area (Å²) < 4.78 is 29.7. The summed E-state index contributed by atoms with van der Waals surface area (Å²) >= 11 is 0. The average Bonchev–Trinajstić information content (AvgIpc) is 3.21. The van der Waals surface area contributed by atoms with Crippen molar-refractivity contribution in [2.45, 2.75) is 18.4 Å². The first kappa shape index (κ1) is 18.7. The molecular formula is C19H19N3O4S. The van der Waals surface area contributed by atoms with E-state index in [0.29, 0.717) is 11.3 Å². The first-order chi connectivity index (χ1) is 12.9. The number of aromatic nitrogens is 2. The minimum absolute atomic E-state index is 0.0522. The lowest BCUT2D eigenvalue weighted by molar-refractivity contribution is 0.0997. The van der Waals surface area contributed by atoms with Crippen molar-refractivity contribution in [3.8, 4) is 17.0 Å². The van der Waals surface area contributed by atoms with Crippen molar-refractivity contribution < 1.29 is 17.9 Å². The van der Waals surface area contributed by atoms with E-state index in [1.165, 1.54) is 12.1 Å².